The van der Waals surface area contributed by atoms with E-state index < -0.39 is 10.0 Å². The van der Waals surface area contributed by atoms with Gasteiger partial charge in [0.05, 0.1) is 0 Å². The highest BCUT2D eigenvalue weighted by Gasteiger charge is 2.28. The predicted molar refractivity (Wildman–Crippen MR) is 78.1 cm³/mol. The first-order valence-electron chi connectivity index (χ1n) is 6.13. The summed E-state index contributed by atoms with van der Waals surface area (Å²) in [5.41, 5.74) is 0. The second kappa shape index (κ2) is 6.89. The van der Waals surface area contributed by atoms with Gasteiger partial charge in [0.15, 0.2) is 0 Å². The second-order valence-corrected chi connectivity index (χ2v) is 7.79. The number of nitrogens with zero attached hydrogens (tertiary/aromatic N) is 1. The Morgan fingerprint density at radius 2 is 2.06 bits per heavy atom. The maximum absolute atomic E-state index is 12.5. The van der Waals surface area contributed by atoms with E-state index in [4.69, 9.17) is 11.6 Å². The minimum absolute atomic E-state index is 0.0265. The number of halogens is 1. The van der Waals surface area contributed by atoms with Gasteiger partial charge >= 0.3 is 0 Å². The summed E-state index contributed by atoms with van der Waals surface area (Å²) in [5.74, 6) is 0.517. The standard InChI is InChI=1S/C12H20ClNO2S2/c1-4-10(3)14(5-2)18(15,16)12-7-6-11(17-12)8-9-13/h6-7,10H,4-5,8-9H2,1-3H3. The lowest BCUT2D eigenvalue weighted by molar-refractivity contribution is 0.343. The highest BCUT2D eigenvalue weighted by molar-refractivity contribution is 7.91. The molecule has 0 saturated carbocycles. The van der Waals surface area contributed by atoms with Gasteiger partial charge in [-0.05, 0) is 31.9 Å². The minimum atomic E-state index is -3.35. The molecule has 0 bridgehead atoms. The quantitative estimate of drug-likeness (QED) is 0.724. The summed E-state index contributed by atoms with van der Waals surface area (Å²) in [6, 6.07) is 3.57. The zero-order valence-corrected chi connectivity index (χ0v) is 13.4. The number of rotatable bonds is 7. The van der Waals surface area contributed by atoms with Crippen LogP contribution in [-0.2, 0) is 16.4 Å². The van der Waals surface area contributed by atoms with E-state index in [0.29, 0.717) is 16.6 Å². The van der Waals surface area contributed by atoms with Crippen molar-refractivity contribution < 1.29 is 8.42 Å². The Morgan fingerprint density at radius 1 is 1.39 bits per heavy atom. The number of hydrogen-bond acceptors (Lipinski definition) is 3. The first-order chi connectivity index (χ1) is 8.47. The molecule has 0 aliphatic carbocycles. The summed E-state index contributed by atoms with van der Waals surface area (Å²) in [7, 11) is -3.35. The molecule has 0 saturated heterocycles. The van der Waals surface area contributed by atoms with Crippen LogP contribution in [-0.4, -0.2) is 31.2 Å². The third-order valence-corrected chi connectivity index (χ3v) is 6.83. The largest absolute Gasteiger partial charge is 0.252 e. The fourth-order valence-corrected chi connectivity index (χ4v) is 5.28. The van der Waals surface area contributed by atoms with E-state index in [1.807, 2.05) is 26.8 Å². The van der Waals surface area contributed by atoms with E-state index in [1.54, 1.807) is 10.4 Å². The Labute approximate surface area is 119 Å². The van der Waals surface area contributed by atoms with Crippen molar-refractivity contribution in [1.82, 2.24) is 4.31 Å². The van der Waals surface area contributed by atoms with E-state index in [2.05, 4.69) is 0 Å². The molecule has 0 radical (unpaired) electrons. The van der Waals surface area contributed by atoms with Gasteiger partial charge < -0.3 is 0 Å². The fourth-order valence-electron chi connectivity index (χ4n) is 1.76. The summed E-state index contributed by atoms with van der Waals surface area (Å²) < 4.78 is 26.9. The van der Waals surface area contributed by atoms with Gasteiger partial charge in [0.25, 0.3) is 10.0 Å². The van der Waals surface area contributed by atoms with Crippen LogP contribution >= 0.6 is 22.9 Å². The summed E-state index contributed by atoms with van der Waals surface area (Å²) in [5, 5.41) is 0. The van der Waals surface area contributed by atoms with Crippen molar-refractivity contribution in [1.29, 1.82) is 0 Å². The Kier molecular flexibility index (Phi) is 6.11. The molecule has 104 valence electrons. The molecule has 0 fully saturated rings. The summed E-state index contributed by atoms with van der Waals surface area (Å²) in [6.45, 7) is 6.31. The van der Waals surface area contributed by atoms with E-state index in [9.17, 15) is 8.42 Å². The van der Waals surface area contributed by atoms with Gasteiger partial charge in [0, 0.05) is 23.3 Å². The van der Waals surface area contributed by atoms with Crippen LogP contribution in [0.2, 0.25) is 0 Å². The van der Waals surface area contributed by atoms with E-state index in [1.165, 1.54) is 11.3 Å². The number of hydrogen-bond donors (Lipinski definition) is 0. The van der Waals surface area contributed by atoms with Gasteiger partial charge in [-0.1, -0.05) is 13.8 Å². The topological polar surface area (TPSA) is 37.4 Å². The third-order valence-electron chi connectivity index (χ3n) is 2.93. The molecule has 0 N–H and O–H groups in total. The van der Waals surface area contributed by atoms with Gasteiger partial charge in [0.2, 0.25) is 0 Å². The zero-order chi connectivity index (χ0) is 13.8. The van der Waals surface area contributed by atoms with Gasteiger partial charge in [-0.3, -0.25) is 0 Å². The smallest absolute Gasteiger partial charge is 0.206 e. The zero-order valence-electron chi connectivity index (χ0n) is 11.0. The molecule has 3 nitrogen and oxygen atoms in total. The highest BCUT2D eigenvalue weighted by Crippen LogP contribution is 2.27. The Hall–Kier alpha value is -0.100. The number of alkyl halides is 1. The summed E-state index contributed by atoms with van der Waals surface area (Å²) in [6.07, 6.45) is 1.53. The van der Waals surface area contributed by atoms with Crippen molar-refractivity contribution in [2.75, 3.05) is 12.4 Å². The first-order valence-corrected chi connectivity index (χ1v) is 8.93. The van der Waals surface area contributed by atoms with E-state index in [0.717, 1.165) is 17.7 Å². The molecule has 0 aromatic carbocycles. The SMILES string of the molecule is CCC(C)N(CC)S(=O)(=O)c1ccc(CCCl)s1. The van der Waals surface area contributed by atoms with Crippen molar-refractivity contribution in [2.24, 2.45) is 0 Å². The molecule has 0 spiro atoms. The molecule has 18 heavy (non-hydrogen) atoms. The molecule has 6 heteroatoms. The van der Waals surface area contributed by atoms with E-state index in [-0.39, 0.29) is 6.04 Å². The van der Waals surface area contributed by atoms with Crippen molar-refractivity contribution in [2.45, 2.75) is 43.9 Å². The molecule has 1 aromatic heterocycles. The van der Waals surface area contributed by atoms with Crippen LogP contribution in [0.25, 0.3) is 0 Å². The molecule has 1 unspecified atom stereocenters. The Bertz CT molecular complexity index is 470. The van der Waals surface area contributed by atoms with Crippen molar-refractivity contribution in [3.05, 3.63) is 17.0 Å². The van der Waals surface area contributed by atoms with Crippen molar-refractivity contribution in [3.63, 3.8) is 0 Å². The molecule has 0 amide bonds. The lowest BCUT2D eigenvalue weighted by atomic mass is 10.3. The Balaban J connectivity index is 3.03. The van der Waals surface area contributed by atoms with Gasteiger partial charge in [-0.15, -0.1) is 22.9 Å². The van der Waals surface area contributed by atoms with Crippen LogP contribution < -0.4 is 0 Å². The molecule has 1 aromatic rings. The average molecular weight is 310 g/mol. The summed E-state index contributed by atoms with van der Waals surface area (Å²) in [4.78, 5) is 1.02. The van der Waals surface area contributed by atoms with Crippen molar-refractivity contribution in [3.8, 4) is 0 Å². The highest BCUT2D eigenvalue weighted by atomic mass is 35.5. The van der Waals surface area contributed by atoms with Crippen LogP contribution in [0.15, 0.2) is 16.3 Å². The van der Waals surface area contributed by atoms with Crippen LogP contribution in [0, 0.1) is 0 Å². The lowest BCUT2D eigenvalue weighted by Crippen LogP contribution is -2.37. The first kappa shape index (κ1) is 16.0. The molecule has 0 aliphatic rings. The predicted octanol–water partition coefficient (Wildman–Crippen LogP) is 3.34. The van der Waals surface area contributed by atoms with Gasteiger partial charge in [-0.2, -0.15) is 4.31 Å². The van der Waals surface area contributed by atoms with Gasteiger partial charge in [0.1, 0.15) is 4.21 Å². The third kappa shape index (κ3) is 3.47. The van der Waals surface area contributed by atoms with Crippen molar-refractivity contribution >= 4 is 33.0 Å². The number of thiophene rings is 1. The monoisotopic (exact) mass is 309 g/mol. The lowest BCUT2D eigenvalue weighted by Gasteiger charge is -2.25. The number of sulfonamides is 1. The number of aryl methyl sites for hydroxylation is 1. The minimum Gasteiger partial charge on any atom is -0.206 e. The molecule has 1 rings (SSSR count). The van der Waals surface area contributed by atoms with Crippen LogP contribution in [0.5, 0.6) is 0 Å². The molecular weight excluding hydrogens is 290 g/mol. The maximum Gasteiger partial charge on any atom is 0.252 e. The van der Waals surface area contributed by atoms with E-state index >= 15 is 0 Å². The Morgan fingerprint density at radius 3 is 2.56 bits per heavy atom. The summed E-state index contributed by atoms with van der Waals surface area (Å²) >= 11 is 6.99. The fraction of sp³-hybridized carbons (Fsp3) is 0.667. The van der Waals surface area contributed by atoms with Crippen LogP contribution in [0.3, 0.4) is 0 Å². The molecule has 0 aliphatic heterocycles. The second-order valence-electron chi connectivity index (χ2n) is 4.13. The van der Waals surface area contributed by atoms with Gasteiger partial charge in [-0.25, -0.2) is 8.42 Å². The maximum atomic E-state index is 12.5. The molecular formula is C12H20ClNO2S2. The average Bonchev–Trinajstić information content (AvgIpc) is 2.79. The molecule has 1 atom stereocenters. The molecule has 1 heterocycles. The van der Waals surface area contributed by atoms with Crippen LogP contribution in [0.1, 0.15) is 32.1 Å². The van der Waals surface area contributed by atoms with Crippen LogP contribution in [0.4, 0.5) is 0 Å². The normalized spacial score (nSPS) is 14.1.